The minimum Gasteiger partial charge on any atom is -0.294 e. The van der Waals surface area contributed by atoms with E-state index in [9.17, 15) is 4.79 Å². The van der Waals surface area contributed by atoms with Gasteiger partial charge in [0, 0.05) is 23.7 Å². The minimum atomic E-state index is 0.00844. The number of carbonyl (C=O) groups is 1. The molecule has 5 heteroatoms. The van der Waals surface area contributed by atoms with E-state index in [0.29, 0.717) is 16.3 Å². The van der Waals surface area contributed by atoms with Crippen LogP contribution in [0.3, 0.4) is 0 Å². The molecule has 2 rings (SSSR count). The van der Waals surface area contributed by atoms with Crippen LogP contribution in [-0.2, 0) is 6.42 Å². The van der Waals surface area contributed by atoms with Gasteiger partial charge in [0.25, 0.3) is 0 Å². The van der Waals surface area contributed by atoms with Crippen molar-refractivity contribution in [1.29, 1.82) is 0 Å². The molecule has 0 amide bonds. The normalized spacial score (nSPS) is 10.2. The molecule has 0 saturated heterocycles. The Morgan fingerprint density at radius 1 is 1.33 bits per heavy atom. The lowest BCUT2D eigenvalue weighted by molar-refractivity contribution is 0.0993. The first-order valence-corrected chi connectivity index (χ1v) is 5.47. The molecule has 0 radical (unpaired) electrons. The number of carbonyl (C=O) groups excluding carboxylic acids is 1. The molecule has 0 aliphatic heterocycles. The van der Waals surface area contributed by atoms with E-state index in [4.69, 9.17) is 11.6 Å². The van der Waals surface area contributed by atoms with Crippen molar-refractivity contribution in [2.24, 2.45) is 0 Å². The summed E-state index contributed by atoms with van der Waals surface area (Å²) in [6.45, 7) is 0. The Balaban J connectivity index is 2.11. The van der Waals surface area contributed by atoms with Gasteiger partial charge in [0.1, 0.15) is 6.33 Å². The van der Waals surface area contributed by atoms with Crippen molar-refractivity contribution in [3.05, 3.63) is 45.6 Å². The molecule has 0 saturated carbocycles. The van der Waals surface area contributed by atoms with Crippen LogP contribution in [0.4, 0.5) is 0 Å². The summed E-state index contributed by atoms with van der Waals surface area (Å²) < 4.78 is 0.696. The predicted molar refractivity (Wildman–Crippen MR) is 59.4 cm³/mol. The average Bonchev–Trinajstić information content (AvgIpc) is 2.65. The van der Waals surface area contributed by atoms with Crippen LogP contribution in [0.2, 0.25) is 4.34 Å². The van der Waals surface area contributed by atoms with Crippen LogP contribution in [0.25, 0.3) is 0 Å². The van der Waals surface area contributed by atoms with E-state index >= 15 is 0 Å². The van der Waals surface area contributed by atoms with Crippen LogP contribution in [0.1, 0.15) is 15.2 Å². The second-order valence-electron chi connectivity index (χ2n) is 2.93. The summed E-state index contributed by atoms with van der Waals surface area (Å²) in [6, 6.07) is 3.64. The monoisotopic (exact) mass is 238 g/mol. The molecule has 76 valence electrons. The number of halogens is 1. The van der Waals surface area contributed by atoms with Gasteiger partial charge in [-0.3, -0.25) is 4.79 Å². The third-order valence-corrected chi connectivity index (χ3v) is 3.08. The Labute approximate surface area is 95.8 Å². The maximum atomic E-state index is 11.7. The minimum absolute atomic E-state index is 0.00844. The number of aromatic nitrogens is 2. The van der Waals surface area contributed by atoms with Gasteiger partial charge in [0.05, 0.1) is 9.90 Å². The molecular formula is C10H7ClN2OS. The second-order valence-corrected chi connectivity index (χ2v) is 4.73. The summed E-state index contributed by atoms with van der Waals surface area (Å²) in [5, 5.41) is 0. The van der Waals surface area contributed by atoms with Crippen LogP contribution >= 0.6 is 22.9 Å². The standard InChI is InChI=1S/C10H7ClN2OS/c11-10-2-1-8(15-10)3-9(14)7-4-12-6-13-5-7/h1-2,4-6H,3H2. The zero-order valence-electron chi connectivity index (χ0n) is 7.68. The summed E-state index contributed by atoms with van der Waals surface area (Å²) in [5.41, 5.74) is 0.530. The van der Waals surface area contributed by atoms with Crippen molar-refractivity contribution >= 4 is 28.7 Å². The SMILES string of the molecule is O=C(Cc1ccc(Cl)s1)c1cncnc1. The van der Waals surface area contributed by atoms with Gasteiger partial charge in [-0.05, 0) is 12.1 Å². The van der Waals surface area contributed by atoms with Crippen LogP contribution in [-0.4, -0.2) is 15.8 Å². The number of hydrogen-bond donors (Lipinski definition) is 0. The Kier molecular flexibility index (Phi) is 3.08. The summed E-state index contributed by atoms with van der Waals surface area (Å²) in [5.74, 6) is 0.00844. The number of hydrogen-bond acceptors (Lipinski definition) is 4. The number of thiophene rings is 1. The topological polar surface area (TPSA) is 42.9 Å². The van der Waals surface area contributed by atoms with Gasteiger partial charge in [-0.1, -0.05) is 11.6 Å². The van der Waals surface area contributed by atoms with E-state index in [-0.39, 0.29) is 5.78 Å². The number of nitrogens with zero attached hydrogens (tertiary/aromatic N) is 2. The average molecular weight is 239 g/mol. The highest BCUT2D eigenvalue weighted by Crippen LogP contribution is 2.22. The van der Waals surface area contributed by atoms with Gasteiger partial charge in [-0.25, -0.2) is 9.97 Å². The maximum Gasteiger partial charge on any atom is 0.171 e. The molecule has 2 aromatic heterocycles. The molecule has 0 N–H and O–H groups in total. The summed E-state index contributed by atoms with van der Waals surface area (Å²) in [7, 11) is 0. The van der Waals surface area contributed by atoms with Crippen LogP contribution in [0.5, 0.6) is 0 Å². The molecule has 2 aromatic rings. The molecule has 0 aliphatic rings. The van der Waals surface area contributed by atoms with Gasteiger partial charge < -0.3 is 0 Å². The Bertz CT molecular complexity index is 469. The van der Waals surface area contributed by atoms with E-state index in [1.54, 1.807) is 6.07 Å². The third kappa shape index (κ3) is 2.61. The smallest absolute Gasteiger partial charge is 0.171 e. The van der Waals surface area contributed by atoms with Crippen LogP contribution in [0.15, 0.2) is 30.9 Å². The molecule has 2 heterocycles. The summed E-state index contributed by atoms with van der Waals surface area (Å²) >= 11 is 7.19. The second kappa shape index (κ2) is 4.51. The largest absolute Gasteiger partial charge is 0.294 e. The van der Waals surface area contributed by atoms with Crippen molar-refractivity contribution in [2.45, 2.75) is 6.42 Å². The Morgan fingerprint density at radius 2 is 2.07 bits per heavy atom. The third-order valence-electron chi connectivity index (χ3n) is 1.85. The highest BCUT2D eigenvalue weighted by molar-refractivity contribution is 7.16. The molecule has 0 aliphatic carbocycles. The highest BCUT2D eigenvalue weighted by atomic mass is 35.5. The van der Waals surface area contributed by atoms with Gasteiger partial charge in [0.15, 0.2) is 5.78 Å². The number of ketones is 1. The fourth-order valence-corrected chi connectivity index (χ4v) is 2.24. The quantitative estimate of drug-likeness (QED) is 0.772. The van der Waals surface area contributed by atoms with Crippen molar-refractivity contribution < 1.29 is 4.79 Å². The van der Waals surface area contributed by atoms with Gasteiger partial charge in [0.2, 0.25) is 0 Å². The van der Waals surface area contributed by atoms with E-state index < -0.39 is 0 Å². The lowest BCUT2D eigenvalue weighted by Crippen LogP contribution is -2.02. The maximum absolute atomic E-state index is 11.7. The molecule has 15 heavy (non-hydrogen) atoms. The van der Waals surface area contributed by atoms with Crippen molar-refractivity contribution in [3.63, 3.8) is 0 Å². The first-order valence-electron chi connectivity index (χ1n) is 4.28. The van der Waals surface area contributed by atoms with Crippen LogP contribution < -0.4 is 0 Å². The van der Waals surface area contributed by atoms with Crippen molar-refractivity contribution in [2.75, 3.05) is 0 Å². The zero-order chi connectivity index (χ0) is 10.7. The molecule has 0 atom stereocenters. The highest BCUT2D eigenvalue weighted by Gasteiger charge is 2.08. The Morgan fingerprint density at radius 3 is 2.67 bits per heavy atom. The van der Waals surface area contributed by atoms with E-state index in [0.717, 1.165) is 4.88 Å². The molecule has 3 nitrogen and oxygen atoms in total. The zero-order valence-corrected chi connectivity index (χ0v) is 9.26. The molecule has 0 aromatic carbocycles. The van der Waals surface area contributed by atoms with Crippen LogP contribution in [0, 0.1) is 0 Å². The first kappa shape index (κ1) is 10.3. The molecule has 0 bridgehead atoms. The lowest BCUT2D eigenvalue weighted by Gasteiger charge is -1.96. The van der Waals surface area contributed by atoms with Crippen molar-refractivity contribution in [3.8, 4) is 0 Å². The van der Waals surface area contributed by atoms with E-state index in [1.165, 1.54) is 30.1 Å². The van der Waals surface area contributed by atoms with E-state index in [1.807, 2.05) is 6.07 Å². The fourth-order valence-electron chi connectivity index (χ4n) is 1.15. The van der Waals surface area contributed by atoms with Gasteiger partial charge >= 0.3 is 0 Å². The van der Waals surface area contributed by atoms with Gasteiger partial charge in [-0.2, -0.15) is 0 Å². The predicted octanol–water partition coefficient (Wildman–Crippen LogP) is 2.62. The van der Waals surface area contributed by atoms with Gasteiger partial charge in [-0.15, -0.1) is 11.3 Å². The molecule has 0 fully saturated rings. The number of rotatable bonds is 3. The van der Waals surface area contributed by atoms with E-state index in [2.05, 4.69) is 9.97 Å². The first-order chi connectivity index (χ1) is 7.25. The Hall–Kier alpha value is -1.26. The van der Waals surface area contributed by atoms with Crippen molar-refractivity contribution in [1.82, 2.24) is 9.97 Å². The molecule has 0 unspecified atom stereocenters. The molecular weight excluding hydrogens is 232 g/mol. The summed E-state index contributed by atoms with van der Waals surface area (Å²) in [6.07, 6.45) is 4.79. The molecule has 0 spiro atoms. The summed E-state index contributed by atoms with van der Waals surface area (Å²) in [4.78, 5) is 20.3. The number of Topliss-reactive ketones (excluding diaryl/α,β-unsaturated/α-hetero) is 1. The fraction of sp³-hybridized carbons (Fsp3) is 0.100. The lowest BCUT2D eigenvalue weighted by atomic mass is 10.1.